The average molecular weight is 283 g/mol. The van der Waals surface area contributed by atoms with Gasteiger partial charge in [-0.1, -0.05) is 20.8 Å². The molecular formula is C16H33N3O. The van der Waals surface area contributed by atoms with Gasteiger partial charge in [0, 0.05) is 32.7 Å². The van der Waals surface area contributed by atoms with Crippen molar-refractivity contribution in [3.63, 3.8) is 0 Å². The fraction of sp³-hybridized carbons (Fsp3) is 0.938. The van der Waals surface area contributed by atoms with Crippen LogP contribution in [0.4, 0.5) is 0 Å². The number of rotatable bonds is 7. The first-order valence-electron chi connectivity index (χ1n) is 8.24. The molecule has 1 amide bonds. The van der Waals surface area contributed by atoms with Gasteiger partial charge in [-0.25, -0.2) is 0 Å². The smallest absolute Gasteiger partial charge is 0.230 e. The third kappa shape index (κ3) is 3.73. The maximum atomic E-state index is 12.8. The number of hydrogen-bond acceptors (Lipinski definition) is 3. The van der Waals surface area contributed by atoms with Crippen molar-refractivity contribution in [2.24, 2.45) is 11.1 Å². The molecule has 0 bridgehead atoms. The number of hydrogen-bond donors (Lipinski definition) is 1. The molecule has 118 valence electrons. The Labute approximate surface area is 124 Å². The highest BCUT2D eigenvalue weighted by molar-refractivity contribution is 5.83. The molecule has 0 aliphatic carbocycles. The molecule has 1 aliphatic heterocycles. The van der Waals surface area contributed by atoms with Crippen molar-refractivity contribution in [2.45, 2.75) is 58.9 Å². The molecule has 0 aromatic rings. The second-order valence-corrected chi connectivity index (χ2v) is 6.18. The van der Waals surface area contributed by atoms with Crippen LogP contribution in [0.1, 0.15) is 52.9 Å². The van der Waals surface area contributed by atoms with Gasteiger partial charge >= 0.3 is 0 Å². The minimum absolute atomic E-state index is 0.249. The van der Waals surface area contributed by atoms with Crippen LogP contribution < -0.4 is 5.73 Å². The van der Waals surface area contributed by atoms with E-state index in [9.17, 15) is 4.79 Å². The van der Waals surface area contributed by atoms with Crippen molar-refractivity contribution < 1.29 is 4.79 Å². The number of piperidine rings is 1. The summed E-state index contributed by atoms with van der Waals surface area (Å²) in [7, 11) is 1.97. The first kappa shape index (κ1) is 17.4. The molecule has 0 aromatic heterocycles. The lowest BCUT2D eigenvalue weighted by Crippen LogP contribution is -2.52. The lowest BCUT2D eigenvalue weighted by molar-refractivity contribution is -0.144. The maximum absolute atomic E-state index is 12.8. The Morgan fingerprint density at radius 2 is 1.80 bits per heavy atom. The number of carbonyl (C=O) groups excluding carboxylic acids is 1. The SMILES string of the molecule is CCCN1CCC(N(C)C(=O)C(CC)(CC)CN)CC1. The van der Waals surface area contributed by atoms with Crippen LogP contribution in [-0.2, 0) is 4.79 Å². The number of nitrogens with two attached hydrogens (primary N) is 1. The highest BCUT2D eigenvalue weighted by Crippen LogP contribution is 2.29. The zero-order chi connectivity index (χ0) is 15.2. The van der Waals surface area contributed by atoms with E-state index in [4.69, 9.17) is 5.73 Å². The predicted octanol–water partition coefficient (Wildman–Crippen LogP) is 2.08. The van der Waals surface area contributed by atoms with E-state index in [0.29, 0.717) is 12.6 Å². The normalized spacial score (nSPS) is 18.2. The van der Waals surface area contributed by atoms with Gasteiger partial charge in [0.15, 0.2) is 0 Å². The second-order valence-electron chi connectivity index (χ2n) is 6.18. The van der Waals surface area contributed by atoms with Crippen molar-refractivity contribution in [2.75, 3.05) is 33.2 Å². The van der Waals surface area contributed by atoms with E-state index in [0.717, 1.165) is 38.8 Å². The molecular weight excluding hydrogens is 250 g/mol. The van der Waals surface area contributed by atoms with Gasteiger partial charge < -0.3 is 15.5 Å². The fourth-order valence-electron chi connectivity index (χ4n) is 3.31. The summed E-state index contributed by atoms with van der Waals surface area (Å²) in [5, 5.41) is 0. The van der Waals surface area contributed by atoms with Crippen LogP contribution >= 0.6 is 0 Å². The Hall–Kier alpha value is -0.610. The number of nitrogens with zero attached hydrogens (tertiary/aromatic N) is 2. The lowest BCUT2D eigenvalue weighted by atomic mass is 9.80. The molecule has 0 aromatic carbocycles. The van der Waals surface area contributed by atoms with Gasteiger partial charge in [0.1, 0.15) is 0 Å². The molecule has 0 radical (unpaired) electrons. The Morgan fingerprint density at radius 3 is 2.20 bits per heavy atom. The molecule has 4 nitrogen and oxygen atoms in total. The van der Waals surface area contributed by atoms with Crippen LogP contribution in [0.15, 0.2) is 0 Å². The monoisotopic (exact) mass is 283 g/mol. The maximum Gasteiger partial charge on any atom is 0.230 e. The van der Waals surface area contributed by atoms with E-state index in [1.165, 1.54) is 13.0 Å². The minimum Gasteiger partial charge on any atom is -0.342 e. The van der Waals surface area contributed by atoms with Crippen LogP contribution in [0.25, 0.3) is 0 Å². The molecule has 0 saturated carbocycles. The van der Waals surface area contributed by atoms with Crippen LogP contribution in [0, 0.1) is 5.41 Å². The topological polar surface area (TPSA) is 49.6 Å². The lowest BCUT2D eigenvalue weighted by Gasteiger charge is -2.41. The molecule has 20 heavy (non-hydrogen) atoms. The summed E-state index contributed by atoms with van der Waals surface area (Å²) in [5.41, 5.74) is 5.55. The molecule has 0 atom stereocenters. The summed E-state index contributed by atoms with van der Waals surface area (Å²) in [4.78, 5) is 17.3. The van der Waals surface area contributed by atoms with E-state index < -0.39 is 0 Å². The van der Waals surface area contributed by atoms with Gasteiger partial charge in [-0.3, -0.25) is 4.79 Å². The van der Waals surface area contributed by atoms with Crippen molar-refractivity contribution in [3.8, 4) is 0 Å². The van der Waals surface area contributed by atoms with Crippen molar-refractivity contribution in [1.82, 2.24) is 9.80 Å². The molecule has 1 saturated heterocycles. The summed E-state index contributed by atoms with van der Waals surface area (Å²) >= 11 is 0. The van der Waals surface area contributed by atoms with Crippen molar-refractivity contribution >= 4 is 5.91 Å². The minimum atomic E-state index is -0.352. The Morgan fingerprint density at radius 1 is 1.25 bits per heavy atom. The molecule has 1 heterocycles. The number of carbonyl (C=O) groups is 1. The third-order valence-corrected chi connectivity index (χ3v) is 5.16. The highest BCUT2D eigenvalue weighted by Gasteiger charge is 2.38. The van der Waals surface area contributed by atoms with Crippen molar-refractivity contribution in [1.29, 1.82) is 0 Å². The molecule has 4 heteroatoms. The molecule has 1 fully saturated rings. The highest BCUT2D eigenvalue weighted by atomic mass is 16.2. The Balaban J connectivity index is 2.62. The van der Waals surface area contributed by atoms with E-state index >= 15 is 0 Å². The predicted molar refractivity (Wildman–Crippen MR) is 84.6 cm³/mol. The number of amides is 1. The van der Waals surface area contributed by atoms with E-state index in [-0.39, 0.29) is 11.3 Å². The number of likely N-dealkylation sites (tertiary alicyclic amines) is 1. The molecule has 0 spiro atoms. The first-order chi connectivity index (χ1) is 9.54. The van der Waals surface area contributed by atoms with Crippen LogP contribution in [0.3, 0.4) is 0 Å². The van der Waals surface area contributed by atoms with E-state index in [1.807, 2.05) is 11.9 Å². The second kappa shape index (κ2) is 7.99. The standard InChI is InChI=1S/C16H33N3O/c1-5-10-19-11-8-14(9-12-19)18(4)15(20)16(6-2,7-3)13-17/h14H,5-13,17H2,1-4H3. The molecule has 1 aliphatic rings. The third-order valence-electron chi connectivity index (χ3n) is 5.16. The summed E-state index contributed by atoms with van der Waals surface area (Å²) in [6, 6.07) is 0.389. The Bertz CT molecular complexity index is 286. The molecule has 0 unspecified atom stereocenters. The zero-order valence-electron chi connectivity index (χ0n) is 13.8. The van der Waals surface area contributed by atoms with Gasteiger partial charge in [0.2, 0.25) is 5.91 Å². The van der Waals surface area contributed by atoms with E-state index in [2.05, 4.69) is 25.7 Å². The van der Waals surface area contributed by atoms with Gasteiger partial charge in [-0.15, -0.1) is 0 Å². The summed E-state index contributed by atoms with van der Waals surface area (Å²) < 4.78 is 0. The van der Waals surface area contributed by atoms with Gasteiger partial charge in [-0.05, 0) is 38.6 Å². The van der Waals surface area contributed by atoms with Gasteiger partial charge in [0.05, 0.1) is 5.41 Å². The zero-order valence-corrected chi connectivity index (χ0v) is 13.8. The summed E-state index contributed by atoms with van der Waals surface area (Å²) in [5.74, 6) is 0.249. The first-order valence-corrected chi connectivity index (χ1v) is 8.24. The van der Waals surface area contributed by atoms with Crippen LogP contribution in [0.2, 0.25) is 0 Å². The molecule has 1 rings (SSSR count). The van der Waals surface area contributed by atoms with E-state index in [1.54, 1.807) is 0 Å². The van der Waals surface area contributed by atoms with Gasteiger partial charge in [0.25, 0.3) is 0 Å². The quantitative estimate of drug-likeness (QED) is 0.778. The van der Waals surface area contributed by atoms with Crippen molar-refractivity contribution in [3.05, 3.63) is 0 Å². The summed E-state index contributed by atoms with van der Waals surface area (Å²) in [6.07, 6.45) is 5.06. The molecule has 2 N–H and O–H groups in total. The Kier molecular flexibility index (Phi) is 6.96. The van der Waals surface area contributed by atoms with Crippen LogP contribution in [0.5, 0.6) is 0 Å². The van der Waals surface area contributed by atoms with Gasteiger partial charge in [-0.2, -0.15) is 0 Å². The largest absolute Gasteiger partial charge is 0.342 e. The average Bonchev–Trinajstić information content (AvgIpc) is 2.50. The fourth-order valence-corrected chi connectivity index (χ4v) is 3.31. The van der Waals surface area contributed by atoms with Crippen LogP contribution in [-0.4, -0.2) is 55.0 Å². The summed E-state index contributed by atoms with van der Waals surface area (Å²) in [6.45, 7) is 10.2.